The number of rotatable bonds is 9. The lowest BCUT2D eigenvalue weighted by molar-refractivity contribution is 0.282. The molecular formula is C17H30N2. The van der Waals surface area contributed by atoms with Gasteiger partial charge in [-0.1, -0.05) is 51.1 Å². The molecule has 1 unspecified atom stereocenters. The summed E-state index contributed by atoms with van der Waals surface area (Å²) in [6.45, 7) is 11.4. The van der Waals surface area contributed by atoms with Crippen molar-refractivity contribution in [1.82, 2.24) is 10.2 Å². The van der Waals surface area contributed by atoms with Crippen LogP contribution in [0.1, 0.15) is 26.3 Å². The molecule has 1 aromatic carbocycles. The Morgan fingerprint density at radius 1 is 1.05 bits per heavy atom. The Labute approximate surface area is 119 Å². The van der Waals surface area contributed by atoms with Gasteiger partial charge in [-0.15, -0.1) is 0 Å². The van der Waals surface area contributed by atoms with E-state index in [0.29, 0.717) is 5.92 Å². The van der Waals surface area contributed by atoms with Crippen LogP contribution in [0.15, 0.2) is 30.3 Å². The zero-order chi connectivity index (χ0) is 14.1. The van der Waals surface area contributed by atoms with E-state index in [-0.39, 0.29) is 0 Å². The maximum atomic E-state index is 3.54. The maximum Gasteiger partial charge on any atom is 0.00189 e. The van der Waals surface area contributed by atoms with Crippen molar-refractivity contribution in [2.24, 2.45) is 11.8 Å². The van der Waals surface area contributed by atoms with Crippen LogP contribution in [0.2, 0.25) is 0 Å². The van der Waals surface area contributed by atoms with Crippen LogP contribution in [0.3, 0.4) is 0 Å². The van der Waals surface area contributed by atoms with E-state index in [2.05, 4.69) is 68.4 Å². The predicted molar refractivity (Wildman–Crippen MR) is 84.5 cm³/mol. The Hall–Kier alpha value is -0.860. The Morgan fingerprint density at radius 2 is 1.74 bits per heavy atom. The van der Waals surface area contributed by atoms with Crippen molar-refractivity contribution in [3.63, 3.8) is 0 Å². The minimum absolute atomic E-state index is 0.708. The molecule has 108 valence electrons. The second kappa shape index (κ2) is 9.11. The van der Waals surface area contributed by atoms with Crippen LogP contribution < -0.4 is 5.32 Å². The van der Waals surface area contributed by atoms with E-state index in [1.165, 1.54) is 5.56 Å². The van der Waals surface area contributed by atoms with E-state index >= 15 is 0 Å². The van der Waals surface area contributed by atoms with Crippen LogP contribution in [0.5, 0.6) is 0 Å². The summed E-state index contributed by atoms with van der Waals surface area (Å²) in [7, 11) is 2.22. The number of likely N-dealkylation sites (N-methyl/N-ethyl adjacent to an activating group) is 1. The molecule has 0 aliphatic carbocycles. The van der Waals surface area contributed by atoms with Crippen molar-refractivity contribution < 1.29 is 0 Å². The second-order valence-corrected chi connectivity index (χ2v) is 6.16. The fourth-order valence-electron chi connectivity index (χ4n) is 2.27. The van der Waals surface area contributed by atoms with Gasteiger partial charge in [0.05, 0.1) is 0 Å². The summed E-state index contributed by atoms with van der Waals surface area (Å²) >= 11 is 0. The molecule has 0 aliphatic rings. The molecule has 1 aromatic rings. The molecule has 2 heteroatoms. The summed E-state index contributed by atoms with van der Waals surface area (Å²) in [6.07, 6.45) is 1.14. The van der Waals surface area contributed by atoms with Gasteiger partial charge in [-0.2, -0.15) is 0 Å². The number of nitrogens with zero attached hydrogens (tertiary/aromatic N) is 1. The van der Waals surface area contributed by atoms with Crippen molar-refractivity contribution in [2.45, 2.75) is 27.2 Å². The van der Waals surface area contributed by atoms with Crippen LogP contribution in [0.4, 0.5) is 0 Å². The molecule has 0 bridgehead atoms. The first-order valence-electron chi connectivity index (χ1n) is 7.51. The molecule has 0 radical (unpaired) electrons. The first-order valence-corrected chi connectivity index (χ1v) is 7.51. The van der Waals surface area contributed by atoms with Crippen molar-refractivity contribution in [2.75, 3.05) is 33.2 Å². The van der Waals surface area contributed by atoms with Gasteiger partial charge in [-0.05, 0) is 44.0 Å². The van der Waals surface area contributed by atoms with Crippen molar-refractivity contribution in [3.05, 3.63) is 35.9 Å². The van der Waals surface area contributed by atoms with E-state index in [4.69, 9.17) is 0 Å². The molecule has 0 aliphatic heterocycles. The van der Waals surface area contributed by atoms with Crippen LogP contribution >= 0.6 is 0 Å². The van der Waals surface area contributed by atoms with Crippen LogP contribution in [-0.2, 0) is 6.42 Å². The van der Waals surface area contributed by atoms with E-state index < -0.39 is 0 Å². The van der Waals surface area contributed by atoms with Crippen molar-refractivity contribution >= 4 is 0 Å². The molecule has 0 spiro atoms. The predicted octanol–water partition coefficient (Wildman–Crippen LogP) is 3.04. The van der Waals surface area contributed by atoms with Gasteiger partial charge in [0, 0.05) is 13.1 Å². The minimum atomic E-state index is 0.708. The molecule has 1 atom stereocenters. The molecule has 1 rings (SSSR count). The zero-order valence-corrected chi connectivity index (χ0v) is 13.0. The Morgan fingerprint density at radius 3 is 2.37 bits per heavy atom. The molecule has 2 nitrogen and oxygen atoms in total. The Balaban J connectivity index is 2.14. The van der Waals surface area contributed by atoms with Gasteiger partial charge < -0.3 is 10.2 Å². The third-order valence-corrected chi connectivity index (χ3v) is 3.29. The molecule has 0 amide bonds. The van der Waals surface area contributed by atoms with E-state index in [1.54, 1.807) is 0 Å². The van der Waals surface area contributed by atoms with E-state index in [1.807, 2.05) is 0 Å². The van der Waals surface area contributed by atoms with Gasteiger partial charge >= 0.3 is 0 Å². The lowest BCUT2D eigenvalue weighted by atomic mass is 10.1. The van der Waals surface area contributed by atoms with Crippen molar-refractivity contribution in [1.29, 1.82) is 0 Å². The lowest BCUT2D eigenvalue weighted by Gasteiger charge is -2.22. The molecule has 1 N–H and O–H groups in total. The third kappa shape index (κ3) is 8.02. The fourth-order valence-corrected chi connectivity index (χ4v) is 2.27. The Kier molecular flexibility index (Phi) is 7.76. The summed E-state index contributed by atoms with van der Waals surface area (Å²) in [5.74, 6) is 1.45. The summed E-state index contributed by atoms with van der Waals surface area (Å²) in [5.41, 5.74) is 1.43. The smallest absolute Gasteiger partial charge is 0.00189 e. The topological polar surface area (TPSA) is 15.3 Å². The molecule has 0 fully saturated rings. The quantitative estimate of drug-likeness (QED) is 0.736. The molecule has 0 heterocycles. The highest BCUT2D eigenvalue weighted by Gasteiger charge is 2.06. The number of hydrogen-bond donors (Lipinski definition) is 1. The van der Waals surface area contributed by atoms with E-state index in [0.717, 1.165) is 38.5 Å². The first-order chi connectivity index (χ1) is 9.08. The maximum absolute atomic E-state index is 3.54. The third-order valence-electron chi connectivity index (χ3n) is 3.29. The summed E-state index contributed by atoms with van der Waals surface area (Å²) in [5, 5.41) is 3.54. The van der Waals surface area contributed by atoms with Gasteiger partial charge in [0.1, 0.15) is 0 Å². The SMILES string of the molecule is CC(C)CNCC(C)CN(C)CCc1ccccc1. The van der Waals surface area contributed by atoms with Gasteiger partial charge in [0.15, 0.2) is 0 Å². The number of hydrogen-bond acceptors (Lipinski definition) is 2. The molecular weight excluding hydrogens is 232 g/mol. The van der Waals surface area contributed by atoms with Crippen LogP contribution in [0.25, 0.3) is 0 Å². The highest BCUT2D eigenvalue weighted by molar-refractivity contribution is 5.14. The van der Waals surface area contributed by atoms with Crippen LogP contribution in [-0.4, -0.2) is 38.1 Å². The molecule has 0 saturated heterocycles. The summed E-state index contributed by atoms with van der Waals surface area (Å²) < 4.78 is 0. The standard InChI is InChI=1S/C17H30N2/c1-15(2)12-18-13-16(3)14-19(4)11-10-17-8-6-5-7-9-17/h5-9,15-16,18H,10-14H2,1-4H3. The zero-order valence-electron chi connectivity index (χ0n) is 13.0. The van der Waals surface area contributed by atoms with E-state index in [9.17, 15) is 0 Å². The second-order valence-electron chi connectivity index (χ2n) is 6.16. The van der Waals surface area contributed by atoms with Crippen LogP contribution in [0, 0.1) is 11.8 Å². The molecule has 19 heavy (non-hydrogen) atoms. The highest BCUT2D eigenvalue weighted by atomic mass is 15.1. The monoisotopic (exact) mass is 262 g/mol. The van der Waals surface area contributed by atoms with Crippen molar-refractivity contribution in [3.8, 4) is 0 Å². The minimum Gasteiger partial charge on any atom is -0.316 e. The number of nitrogens with one attached hydrogen (secondary N) is 1. The van der Waals surface area contributed by atoms with Gasteiger partial charge in [0.25, 0.3) is 0 Å². The normalized spacial score (nSPS) is 13.2. The largest absolute Gasteiger partial charge is 0.316 e. The average Bonchev–Trinajstić information content (AvgIpc) is 2.37. The first kappa shape index (κ1) is 16.2. The van der Waals surface area contributed by atoms with Gasteiger partial charge in [-0.25, -0.2) is 0 Å². The average molecular weight is 262 g/mol. The molecule has 0 saturated carbocycles. The highest BCUT2D eigenvalue weighted by Crippen LogP contribution is 2.03. The Bertz CT molecular complexity index is 321. The van der Waals surface area contributed by atoms with Gasteiger partial charge in [0.2, 0.25) is 0 Å². The fraction of sp³-hybridized carbons (Fsp3) is 0.647. The lowest BCUT2D eigenvalue weighted by Crippen LogP contribution is -2.33. The summed E-state index contributed by atoms with van der Waals surface area (Å²) in [4.78, 5) is 2.44. The number of benzene rings is 1. The molecule has 0 aromatic heterocycles. The van der Waals surface area contributed by atoms with Gasteiger partial charge in [-0.3, -0.25) is 0 Å². The summed E-state index contributed by atoms with van der Waals surface area (Å²) in [6, 6.07) is 10.7.